The average Bonchev–Trinajstić information content (AvgIpc) is 3.12. The Morgan fingerprint density at radius 2 is 2.31 bits per heavy atom. The van der Waals surface area contributed by atoms with Crippen LogP contribution in [0.4, 0.5) is 15.2 Å². The summed E-state index contributed by atoms with van der Waals surface area (Å²) in [5, 5.41) is 14.6. The zero-order valence-corrected chi connectivity index (χ0v) is 18.2. The number of benzene rings is 1. The van der Waals surface area contributed by atoms with Crippen molar-refractivity contribution in [1.29, 1.82) is 0 Å². The van der Waals surface area contributed by atoms with Crippen LogP contribution in [-0.4, -0.2) is 65.6 Å². The van der Waals surface area contributed by atoms with E-state index in [0.29, 0.717) is 34.2 Å². The molecule has 2 heterocycles. The second-order valence-electron chi connectivity index (χ2n) is 7.25. The number of rotatable bonds is 9. The number of hydrogen-bond acceptors (Lipinski definition) is 8. The van der Waals surface area contributed by atoms with Crippen LogP contribution in [0.15, 0.2) is 28.6 Å². The fourth-order valence-electron chi connectivity index (χ4n) is 3.00. The van der Waals surface area contributed by atoms with Gasteiger partial charge in [-0.25, -0.2) is 4.39 Å². The van der Waals surface area contributed by atoms with Crippen molar-refractivity contribution >= 4 is 39.8 Å². The molecule has 3 rings (SSSR count). The Labute approximate surface area is 178 Å². The van der Waals surface area contributed by atoms with Crippen LogP contribution in [0.3, 0.4) is 0 Å². The molecule has 0 aliphatic carbocycles. The van der Waals surface area contributed by atoms with Gasteiger partial charge in [0, 0.05) is 31.9 Å². The van der Waals surface area contributed by atoms with Gasteiger partial charge in [-0.1, -0.05) is 43.0 Å². The Morgan fingerprint density at radius 1 is 1.45 bits per heavy atom. The maximum atomic E-state index is 13.2. The molecule has 0 radical (unpaired) electrons. The second-order valence-corrected chi connectivity index (χ2v) is 9.45. The van der Waals surface area contributed by atoms with Crippen molar-refractivity contribution in [2.45, 2.75) is 24.3 Å². The average molecular weight is 440 g/mol. The molecule has 1 aliphatic rings. The largest absolute Gasteiger partial charge is 0.374 e. The van der Waals surface area contributed by atoms with Gasteiger partial charge in [-0.05, 0) is 24.1 Å². The molecule has 0 saturated carbocycles. The van der Waals surface area contributed by atoms with Crippen LogP contribution >= 0.6 is 23.1 Å². The van der Waals surface area contributed by atoms with Gasteiger partial charge in [0.1, 0.15) is 5.82 Å². The minimum atomic E-state index is -0.319. The van der Waals surface area contributed by atoms with E-state index >= 15 is 0 Å². The molecule has 29 heavy (non-hydrogen) atoms. The Hall–Kier alpha value is -1.75. The van der Waals surface area contributed by atoms with Gasteiger partial charge in [0.2, 0.25) is 11.0 Å². The number of thioether (sulfide) groups is 1. The molecule has 2 aromatic rings. The van der Waals surface area contributed by atoms with E-state index in [9.17, 15) is 9.18 Å². The van der Waals surface area contributed by atoms with Gasteiger partial charge in [-0.15, -0.1) is 10.2 Å². The predicted molar refractivity (Wildman–Crippen MR) is 114 cm³/mol. The first-order valence-electron chi connectivity index (χ1n) is 9.57. The van der Waals surface area contributed by atoms with Crippen molar-refractivity contribution < 1.29 is 13.9 Å². The van der Waals surface area contributed by atoms with E-state index in [4.69, 9.17) is 4.74 Å². The molecule has 1 fully saturated rings. The highest BCUT2D eigenvalue weighted by molar-refractivity contribution is 8.01. The summed E-state index contributed by atoms with van der Waals surface area (Å²) >= 11 is 2.65. The van der Waals surface area contributed by atoms with Crippen molar-refractivity contribution in [2.24, 2.45) is 5.92 Å². The van der Waals surface area contributed by atoms with Gasteiger partial charge < -0.3 is 15.4 Å². The predicted octanol–water partition coefficient (Wildman–Crippen LogP) is 2.99. The Kier molecular flexibility index (Phi) is 8.22. The summed E-state index contributed by atoms with van der Waals surface area (Å²) in [5.74, 6) is 0.498. The van der Waals surface area contributed by atoms with E-state index in [1.807, 2.05) is 0 Å². The molecule has 1 amide bonds. The summed E-state index contributed by atoms with van der Waals surface area (Å²) < 4.78 is 19.7. The van der Waals surface area contributed by atoms with Crippen LogP contribution in [-0.2, 0) is 9.53 Å². The molecule has 0 bridgehead atoms. The zero-order valence-electron chi connectivity index (χ0n) is 16.6. The molecular formula is C19H26FN5O2S2. The van der Waals surface area contributed by atoms with Crippen LogP contribution in [0.25, 0.3) is 0 Å². The smallest absolute Gasteiger partial charge is 0.230 e. The van der Waals surface area contributed by atoms with Crippen LogP contribution < -0.4 is 10.6 Å². The number of nitrogens with one attached hydrogen (secondary N) is 2. The van der Waals surface area contributed by atoms with Gasteiger partial charge in [0.15, 0.2) is 4.34 Å². The highest BCUT2D eigenvalue weighted by Gasteiger charge is 2.21. The quantitative estimate of drug-likeness (QED) is 0.582. The van der Waals surface area contributed by atoms with Crippen molar-refractivity contribution in [1.82, 2.24) is 20.4 Å². The topological polar surface area (TPSA) is 79.4 Å². The molecule has 158 valence electrons. The summed E-state index contributed by atoms with van der Waals surface area (Å²) in [4.78, 5) is 14.5. The third kappa shape index (κ3) is 7.54. The fraction of sp³-hybridized carbons (Fsp3) is 0.526. The third-order valence-corrected chi connectivity index (χ3v) is 6.15. The molecule has 1 aliphatic heterocycles. The first-order chi connectivity index (χ1) is 14.0. The Bertz CT molecular complexity index is 804. The highest BCUT2D eigenvalue weighted by atomic mass is 32.2. The molecule has 7 nitrogen and oxygen atoms in total. The summed E-state index contributed by atoms with van der Waals surface area (Å²) in [7, 11) is 0. The van der Waals surface area contributed by atoms with E-state index < -0.39 is 0 Å². The number of carbonyl (C=O) groups excluding carboxylic acids is 1. The van der Waals surface area contributed by atoms with Gasteiger partial charge >= 0.3 is 0 Å². The Morgan fingerprint density at radius 3 is 3.10 bits per heavy atom. The lowest BCUT2D eigenvalue weighted by molar-refractivity contribution is -0.119. The van der Waals surface area contributed by atoms with Crippen molar-refractivity contribution in [2.75, 3.05) is 43.9 Å². The van der Waals surface area contributed by atoms with Crippen LogP contribution in [0, 0.1) is 11.7 Å². The van der Waals surface area contributed by atoms with Gasteiger partial charge in [0.05, 0.1) is 18.5 Å². The number of carbonyl (C=O) groups is 1. The zero-order chi connectivity index (χ0) is 20.6. The summed E-state index contributed by atoms with van der Waals surface area (Å²) in [6, 6.07) is 6.14. The minimum Gasteiger partial charge on any atom is -0.374 e. The van der Waals surface area contributed by atoms with Crippen molar-refractivity contribution in [3.05, 3.63) is 30.1 Å². The molecule has 0 spiro atoms. The Balaban J connectivity index is 1.38. The standard InChI is InChI=1S/C19H26FN5O2S2/c1-13(2)10-25-6-7-27-16(11-25)9-21-17(26)12-28-19-24-23-18(29-19)22-15-5-3-4-14(20)8-15/h3-5,8,13,16H,6-7,9-12H2,1-2H3,(H,21,26)(H,22,23). The first kappa shape index (κ1) is 21.9. The minimum absolute atomic E-state index is 0.0278. The number of nitrogens with zero attached hydrogens (tertiary/aromatic N) is 3. The lowest BCUT2D eigenvalue weighted by atomic mass is 10.2. The molecule has 1 saturated heterocycles. The van der Waals surface area contributed by atoms with E-state index in [-0.39, 0.29) is 23.6 Å². The van der Waals surface area contributed by atoms with Crippen molar-refractivity contribution in [3.8, 4) is 0 Å². The number of hydrogen-bond donors (Lipinski definition) is 2. The van der Waals surface area contributed by atoms with Crippen LogP contribution in [0.5, 0.6) is 0 Å². The number of aromatic nitrogens is 2. The first-order valence-corrected chi connectivity index (χ1v) is 11.4. The molecule has 1 unspecified atom stereocenters. The molecule has 2 N–H and O–H groups in total. The maximum Gasteiger partial charge on any atom is 0.230 e. The van der Waals surface area contributed by atoms with E-state index in [2.05, 4.69) is 39.6 Å². The van der Waals surface area contributed by atoms with Crippen LogP contribution in [0.1, 0.15) is 13.8 Å². The number of ether oxygens (including phenoxy) is 1. The SMILES string of the molecule is CC(C)CN1CCOC(CNC(=O)CSc2nnc(Nc3cccc(F)c3)s2)C1. The number of morpholine rings is 1. The lowest BCUT2D eigenvalue weighted by Crippen LogP contribution is -2.48. The monoisotopic (exact) mass is 439 g/mol. The lowest BCUT2D eigenvalue weighted by Gasteiger charge is -2.33. The van der Waals surface area contributed by atoms with Gasteiger partial charge in [-0.3, -0.25) is 9.69 Å². The summed E-state index contributed by atoms with van der Waals surface area (Å²) in [6.07, 6.45) is 0.0278. The van der Waals surface area contributed by atoms with Crippen LogP contribution in [0.2, 0.25) is 0 Å². The van der Waals surface area contributed by atoms with Gasteiger partial charge in [-0.2, -0.15) is 0 Å². The third-order valence-electron chi connectivity index (χ3n) is 4.18. The maximum absolute atomic E-state index is 13.2. The number of anilines is 2. The van der Waals surface area contributed by atoms with Gasteiger partial charge in [0.25, 0.3) is 0 Å². The molecular weight excluding hydrogens is 413 g/mol. The molecule has 1 aromatic heterocycles. The highest BCUT2D eigenvalue weighted by Crippen LogP contribution is 2.27. The normalized spacial score (nSPS) is 17.4. The summed E-state index contributed by atoms with van der Waals surface area (Å²) in [5.41, 5.74) is 0.606. The second kappa shape index (κ2) is 10.9. The number of amides is 1. The van der Waals surface area contributed by atoms with Crippen molar-refractivity contribution in [3.63, 3.8) is 0 Å². The molecule has 10 heteroatoms. The van der Waals surface area contributed by atoms with E-state index in [1.165, 1.54) is 35.2 Å². The fourth-order valence-corrected chi connectivity index (χ4v) is 4.60. The molecule has 1 aromatic carbocycles. The molecule has 1 atom stereocenters. The number of halogens is 1. The summed E-state index contributed by atoms with van der Waals surface area (Å²) in [6.45, 7) is 8.46. The van der Waals surface area contributed by atoms with E-state index in [0.717, 1.165) is 19.6 Å². The van der Waals surface area contributed by atoms with E-state index in [1.54, 1.807) is 12.1 Å².